The smallest absolute Gasteiger partial charge is 0.229 e. The van der Waals surface area contributed by atoms with Crippen molar-refractivity contribution in [2.45, 2.75) is 12.5 Å². The van der Waals surface area contributed by atoms with Gasteiger partial charge in [-0.1, -0.05) is 6.07 Å². The molecule has 23 heavy (non-hydrogen) atoms. The number of aromatic nitrogens is 2. The number of amides is 1. The second kappa shape index (κ2) is 6.51. The Kier molecular flexibility index (Phi) is 4.27. The van der Waals surface area contributed by atoms with Gasteiger partial charge in [0.1, 0.15) is 11.6 Å². The quantitative estimate of drug-likeness (QED) is 0.875. The summed E-state index contributed by atoms with van der Waals surface area (Å²) in [5.41, 5.74) is 0.837. The first kappa shape index (κ1) is 15.1. The summed E-state index contributed by atoms with van der Waals surface area (Å²) in [7, 11) is 3.41. The molecule has 7 heteroatoms. The fourth-order valence-corrected chi connectivity index (χ4v) is 2.58. The third-order valence-electron chi connectivity index (χ3n) is 3.73. The van der Waals surface area contributed by atoms with E-state index in [4.69, 9.17) is 4.74 Å². The molecule has 2 heterocycles. The lowest BCUT2D eigenvalue weighted by Crippen LogP contribution is -2.28. The van der Waals surface area contributed by atoms with Gasteiger partial charge in [-0.05, 0) is 18.2 Å². The van der Waals surface area contributed by atoms with E-state index in [1.165, 1.54) is 0 Å². The number of ether oxygens (including phenoxy) is 1. The minimum Gasteiger partial charge on any atom is -0.497 e. The molecule has 1 aromatic carbocycles. The van der Waals surface area contributed by atoms with Crippen LogP contribution in [0, 0.1) is 0 Å². The monoisotopic (exact) mass is 313 g/mol. The number of hydrogen-bond acceptors (Lipinski definition) is 6. The fourth-order valence-electron chi connectivity index (χ4n) is 2.58. The Bertz CT molecular complexity index is 706. The lowest BCUT2D eigenvalue weighted by atomic mass is 10.2. The van der Waals surface area contributed by atoms with E-state index in [0.29, 0.717) is 18.9 Å². The second-order valence-electron chi connectivity index (χ2n) is 5.27. The van der Waals surface area contributed by atoms with Crippen LogP contribution in [0.2, 0.25) is 0 Å². The number of benzene rings is 1. The maximum atomic E-state index is 12.3. The number of nitrogens with one attached hydrogen (secondary N) is 2. The fraction of sp³-hybridized carbons (Fsp3) is 0.312. The number of methoxy groups -OCH3 is 1. The number of rotatable bonds is 5. The third kappa shape index (κ3) is 3.33. The summed E-state index contributed by atoms with van der Waals surface area (Å²) in [5, 5.41) is 6.18. The van der Waals surface area contributed by atoms with Gasteiger partial charge in [-0.3, -0.25) is 4.79 Å². The molecular formula is C16H19N5O2. The minimum absolute atomic E-state index is 0.0270. The van der Waals surface area contributed by atoms with E-state index in [9.17, 15) is 4.79 Å². The molecule has 3 rings (SSSR count). The van der Waals surface area contributed by atoms with Gasteiger partial charge in [0.25, 0.3) is 0 Å². The molecule has 1 amide bonds. The zero-order valence-corrected chi connectivity index (χ0v) is 13.1. The molecule has 0 radical (unpaired) electrons. The largest absolute Gasteiger partial charge is 0.497 e. The molecule has 1 aliphatic heterocycles. The van der Waals surface area contributed by atoms with Crippen molar-refractivity contribution in [1.29, 1.82) is 0 Å². The van der Waals surface area contributed by atoms with E-state index in [1.54, 1.807) is 31.3 Å². The van der Waals surface area contributed by atoms with E-state index in [2.05, 4.69) is 20.6 Å². The van der Waals surface area contributed by atoms with Crippen LogP contribution in [0.4, 0.5) is 17.5 Å². The molecular weight excluding hydrogens is 294 g/mol. The highest BCUT2D eigenvalue weighted by Crippen LogP contribution is 2.26. The molecule has 7 nitrogen and oxygen atoms in total. The summed E-state index contributed by atoms with van der Waals surface area (Å²) in [5.74, 6) is 2.05. The number of carbonyl (C=O) groups is 1. The van der Waals surface area contributed by atoms with Crippen LogP contribution >= 0.6 is 0 Å². The van der Waals surface area contributed by atoms with Crippen LogP contribution in [0.5, 0.6) is 5.75 Å². The average Bonchev–Trinajstić information content (AvgIpc) is 2.95. The van der Waals surface area contributed by atoms with E-state index >= 15 is 0 Å². The Morgan fingerprint density at radius 2 is 2.22 bits per heavy atom. The van der Waals surface area contributed by atoms with Gasteiger partial charge >= 0.3 is 0 Å². The summed E-state index contributed by atoms with van der Waals surface area (Å²) in [6.45, 7) is 0.569. The van der Waals surface area contributed by atoms with Gasteiger partial charge in [-0.2, -0.15) is 4.98 Å². The van der Waals surface area contributed by atoms with Crippen molar-refractivity contribution in [3.05, 3.63) is 36.5 Å². The molecule has 0 unspecified atom stereocenters. The maximum absolute atomic E-state index is 12.3. The van der Waals surface area contributed by atoms with Crippen molar-refractivity contribution < 1.29 is 9.53 Å². The number of carbonyl (C=O) groups excluding carboxylic acids is 1. The first-order valence-corrected chi connectivity index (χ1v) is 7.41. The molecule has 2 aromatic rings. The molecule has 1 aliphatic rings. The lowest BCUT2D eigenvalue weighted by molar-refractivity contribution is -0.117. The van der Waals surface area contributed by atoms with Crippen molar-refractivity contribution >= 4 is 23.4 Å². The van der Waals surface area contributed by atoms with Crippen LogP contribution in [0.25, 0.3) is 0 Å². The number of anilines is 3. The molecule has 1 aromatic heterocycles. The van der Waals surface area contributed by atoms with Crippen LogP contribution in [0.1, 0.15) is 6.42 Å². The van der Waals surface area contributed by atoms with Crippen molar-refractivity contribution in [2.75, 3.05) is 36.2 Å². The van der Waals surface area contributed by atoms with Gasteiger partial charge in [0.2, 0.25) is 11.9 Å². The van der Waals surface area contributed by atoms with Crippen molar-refractivity contribution in [3.8, 4) is 5.75 Å². The van der Waals surface area contributed by atoms with E-state index < -0.39 is 0 Å². The number of hydrogen-bond donors (Lipinski definition) is 2. The molecule has 0 saturated carbocycles. The lowest BCUT2D eigenvalue weighted by Gasteiger charge is -2.18. The van der Waals surface area contributed by atoms with Gasteiger partial charge < -0.3 is 20.3 Å². The topological polar surface area (TPSA) is 79.4 Å². The molecule has 1 saturated heterocycles. The van der Waals surface area contributed by atoms with Crippen molar-refractivity contribution in [1.82, 2.24) is 9.97 Å². The van der Waals surface area contributed by atoms with Gasteiger partial charge in [-0.25, -0.2) is 4.98 Å². The Labute approximate surface area is 134 Å². The van der Waals surface area contributed by atoms with Crippen molar-refractivity contribution in [2.24, 2.45) is 0 Å². The molecule has 120 valence electrons. The maximum Gasteiger partial charge on any atom is 0.229 e. The van der Waals surface area contributed by atoms with Gasteiger partial charge in [0.05, 0.1) is 13.2 Å². The SMILES string of the molecule is CNc1ccnc(N[C@@H]2CC(=O)N(c3cccc(OC)c3)C2)n1. The normalized spacial score (nSPS) is 17.2. The average molecular weight is 313 g/mol. The molecule has 2 N–H and O–H groups in total. The third-order valence-corrected chi connectivity index (χ3v) is 3.73. The Balaban J connectivity index is 1.71. The molecule has 1 fully saturated rings. The van der Waals surface area contributed by atoms with Crippen LogP contribution < -0.4 is 20.3 Å². The Morgan fingerprint density at radius 3 is 3.00 bits per heavy atom. The Morgan fingerprint density at radius 1 is 1.35 bits per heavy atom. The summed E-state index contributed by atoms with van der Waals surface area (Å²) in [6.07, 6.45) is 2.09. The zero-order chi connectivity index (χ0) is 16.2. The minimum atomic E-state index is -0.0270. The highest BCUT2D eigenvalue weighted by Gasteiger charge is 2.31. The van der Waals surface area contributed by atoms with Crippen LogP contribution in [0.3, 0.4) is 0 Å². The van der Waals surface area contributed by atoms with Gasteiger partial charge in [-0.15, -0.1) is 0 Å². The van der Waals surface area contributed by atoms with Crippen LogP contribution in [0.15, 0.2) is 36.5 Å². The van der Waals surface area contributed by atoms with Crippen molar-refractivity contribution in [3.63, 3.8) is 0 Å². The number of nitrogens with zero attached hydrogens (tertiary/aromatic N) is 3. The predicted molar refractivity (Wildman–Crippen MR) is 89.0 cm³/mol. The predicted octanol–water partition coefficient (Wildman–Crippen LogP) is 1.74. The molecule has 0 spiro atoms. The summed E-state index contributed by atoms with van der Waals surface area (Å²) >= 11 is 0. The van der Waals surface area contributed by atoms with E-state index in [1.807, 2.05) is 24.3 Å². The van der Waals surface area contributed by atoms with Gasteiger partial charge in [0, 0.05) is 38.0 Å². The first-order valence-electron chi connectivity index (χ1n) is 7.41. The van der Waals surface area contributed by atoms with E-state index in [-0.39, 0.29) is 11.9 Å². The highest BCUT2D eigenvalue weighted by molar-refractivity contribution is 5.96. The second-order valence-corrected chi connectivity index (χ2v) is 5.27. The van der Waals surface area contributed by atoms with Gasteiger partial charge in [0.15, 0.2) is 0 Å². The highest BCUT2D eigenvalue weighted by atomic mass is 16.5. The summed E-state index contributed by atoms with van der Waals surface area (Å²) < 4.78 is 5.22. The zero-order valence-electron chi connectivity index (χ0n) is 13.1. The Hall–Kier alpha value is -2.83. The molecule has 0 bridgehead atoms. The van der Waals surface area contributed by atoms with E-state index in [0.717, 1.165) is 17.3 Å². The summed E-state index contributed by atoms with van der Waals surface area (Å²) in [6, 6.07) is 9.26. The standard InChI is InChI=1S/C16H19N5O2/c1-17-14-6-7-18-16(20-14)19-11-8-15(22)21(10-11)12-4-3-5-13(9-12)23-2/h3-7,9,11H,8,10H2,1-2H3,(H2,17,18,19,20)/t11-/m1/s1. The molecule has 1 atom stereocenters. The molecule has 0 aliphatic carbocycles. The van der Waals surface area contributed by atoms with Crippen LogP contribution in [-0.4, -0.2) is 42.6 Å². The summed E-state index contributed by atoms with van der Waals surface area (Å²) in [4.78, 5) is 22.6. The van der Waals surface area contributed by atoms with Crippen LogP contribution in [-0.2, 0) is 4.79 Å². The first-order chi connectivity index (χ1) is 11.2.